The molecule has 2 N–H and O–H groups in total. The van der Waals surface area contributed by atoms with E-state index in [0.717, 1.165) is 31.2 Å². The van der Waals surface area contributed by atoms with Crippen LogP contribution in [0.3, 0.4) is 0 Å². The van der Waals surface area contributed by atoms with Gasteiger partial charge in [-0.3, -0.25) is 9.59 Å². The Morgan fingerprint density at radius 1 is 1.08 bits per heavy atom. The van der Waals surface area contributed by atoms with Crippen molar-refractivity contribution in [1.82, 2.24) is 9.88 Å². The number of ether oxygens (including phenoxy) is 1. The molecule has 0 unspecified atom stereocenters. The number of halogens is 1. The standard InChI is InChI=1S/C26H28ClN5O4/c1-32(2)18-7-3-15(4-8-18)24(33)31-22-19-13-16(26-28-11-12-35-26)5-9-20(19)36-23(22)25(34)30-21-10-6-17(27)14-29-21/h5-6,9-10,13-15,18H,3-4,7-8,11-12H2,1-2H3,(H,31,33)(H,29,30,34). The predicted molar refractivity (Wildman–Crippen MR) is 139 cm³/mol. The zero-order chi connectivity index (χ0) is 25.2. The molecule has 1 aromatic carbocycles. The minimum absolute atomic E-state index is 0.00325. The third-order valence-corrected chi connectivity index (χ3v) is 6.97. The van der Waals surface area contributed by atoms with Crippen LogP contribution in [0.4, 0.5) is 11.5 Å². The lowest BCUT2D eigenvalue weighted by atomic mass is 9.85. The molecule has 3 heterocycles. The molecule has 1 fully saturated rings. The van der Waals surface area contributed by atoms with Gasteiger partial charge in [-0.05, 0) is 70.1 Å². The Morgan fingerprint density at radius 3 is 2.56 bits per heavy atom. The summed E-state index contributed by atoms with van der Waals surface area (Å²) < 4.78 is 11.5. The number of benzene rings is 1. The number of hydrogen-bond donors (Lipinski definition) is 2. The highest BCUT2D eigenvalue weighted by Crippen LogP contribution is 2.35. The molecular weight excluding hydrogens is 482 g/mol. The number of hydrogen-bond acceptors (Lipinski definition) is 7. The number of nitrogens with one attached hydrogen (secondary N) is 2. The lowest BCUT2D eigenvalue weighted by molar-refractivity contribution is -0.121. The number of carbonyl (C=O) groups is 2. The number of rotatable bonds is 6. The molecule has 0 radical (unpaired) electrons. The zero-order valence-electron chi connectivity index (χ0n) is 20.2. The van der Waals surface area contributed by atoms with E-state index in [1.807, 2.05) is 12.1 Å². The smallest absolute Gasteiger partial charge is 0.294 e. The van der Waals surface area contributed by atoms with Gasteiger partial charge >= 0.3 is 0 Å². The molecule has 9 nitrogen and oxygen atoms in total. The van der Waals surface area contributed by atoms with E-state index in [4.69, 9.17) is 20.8 Å². The summed E-state index contributed by atoms with van der Waals surface area (Å²) >= 11 is 5.91. The van der Waals surface area contributed by atoms with E-state index >= 15 is 0 Å². The summed E-state index contributed by atoms with van der Waals surface area (Å²) in [5.41, 5.74) is 1.56. The molecular formula is C26H28ClN5O4. The second-order valence-electron chi connectivity index (χ2n) is 9.33. The van der Waals surface area contributed by atoms with E-state index in [0.29, 0.717) is 52.6 Å². The normalized spacial score (nSPS) is 19.7. The fraction of sp³-hybridized carbons (Fsp3) is 0.385. The quantitative estimate of drug-likeness (QED) is 0.504. The van der Waals surface area contributed by atoms with E-state index in [1.165, 1.54) is 6.20 Å². The van der Waals surface area contributed by atoms with E-state index < -0.39 is 5.91 Å². The Labute approximate surface area is 213 Å². The summed E-state index contributed by atoms with van der Waals surface area (Å²) in [5, 5.41) is 6.79. The first-order valence-corrected chi connectivity index (χ1v) is 12.4. The van der Waals surface area contributed by atoms with E-state index in [1.54, 1.807) is 18.2 Å². The number of aromatic nitrogens is 1. The summed E-state index contributed by atoms with van der Waals surface area (Å²) in [7, 11) is 4.14. The number of anilines is 2. The van der Waals surface area contributed by atoms with Crippen molar-refractivity contribution in [1.29, 1.82) is 0 Å². The highest BCUT2D eigenvalue weighted by Gasteiger charge is 2.30. The average Bonchev–Trinajstić information content (AvgIpc) is 3.54. The fourth-order valence-corrected chi connectivity index (χ4v) is 4.84. The largest absolute Gasteiger partial charge is 0.476 e. The first-order chi connectivity index (χ1) is 17.4. The minimum Gasteiger partial charge on any atom is -0.476 e. The molecule has 188 valence electrons. The Bertz CT molecular complexity index is 1310. The number of amides is 2. The molecule has 0 spiro atoms. The van der Waals surface area contributed by atoms with Crippen LogP contribution in [0.2, 0.25) is 5.02 Å². The van der Waals surface area contributed by atoms with Gasteiger partial charge in [-0.2, -0.15) is 0 Å². The minimum atomic E-state index is -0.524. The topological polar surface area (TPSA) is 109 Å². The maximum Gasteiger partial charge on any atom is 0.294 e. The van der Waals surface area contributed by atoms with Crippen molar-refractivity contribution < 1.29 is 18.7 Å². The molecule has 5 rings (SSSR count). The molecule has 0 atom stereocenters. The number of carbonyl (C=O) groups excluding carboxylic acids is 2. The van der Waals surface area contributed by atoms with Crippen molar-refractivity contribution in [3.8, 4) is 0 Å². The number of fused-ring (bicyclic) bond motifs is 1. The number of pyridine rings is 1. The molecule has 36 heavy (non-hydrogen) atoms. The maximum atomic E-state index is 13.3. The van der Waals surface area contributed by atoms with Crippen LogP contribution in [0, 0.1) is 5.92 Å². The van der Waals surface area contributed by atoms with Crippen LogP contribution in [-0.2, 0) is 9.53 Å². The van der Waals surface area contributed by atoms with Gasteiger partial charge in [-0.15, -0.1) is 0 Å². The van der Waals surface area contributed by atoms with Crippen molar-refractivity contribution in [3.63, 3.8) is 0 Å². The van der Waals surface area contributed by atoms with Crippen molar-refractivity contribution in [2.24, 2.45) is 10.9 Å². The van der Waals surface area contributed by atoms with Gasteiger partial charge < -0.3 is 24.7 Å². The molecule has 1 saturated carbocycles. The van der Waals surface area contributed by atoms with Crippen LogP contribution in [0.1, 0.15) is 41.8 Å². The molecule has 2 amide bonds. The lowest BCUT2D eigenvalue weighted by Gasteiger charge is -2.31. The molecule has 3 aromatic rings. The van der Waals surface area contributed by atoms with E-state index in [-0.39, 0.29) is 17.6 Å². The SMILES string of the molecule is CN(C)C1CCC(C(=O)Nc2c(C(=O)Nc3ccc(Cl)cn3)oc3ccc(C4=NCCO4)cc23)CC1. The van der Waals surface area contributed by atoms with Gasteiger partial charge in [0.15, 0.2) is 0 Å². The number of aliphatic imine (C=N–C) groups is 1. The van der Waals surface area contributed by atoms with Gasteiger partial charge in [0.1, 0.15) is 23.7 Å². The Kier molecular flexibility index (Phi) is 6.93. The van der Waals surface area contributed by atoms with Crippen molar-refractivity contribution >= 4 is 51.8 Å². The molecule has 0 bridgehead atoms. The van der Waals surface area contributed by atoms with Gasteiger partial charge in [0.2, 0.25) is 17.6 Å². The predicted octanol–water partition coefficient (Wildman–Crippen LogP) is 4.57. The summed E-state index contributed by atoms with van der Waals surface area (Å²) in [4.78, 5) is 37.3. The second kappa shape index (κ2) is 10.3. The van der Waals surface area contributed by atoms with Crippen LogP contribution >= 0.6 is 11.6 Å². The molecule has 1 aliphatic carbocycles. The first-order valence-electron chi connectivity index (χ1n) is 12.0. The van der Waals surface area contributed by atoms with Crippen molar-refractivity contribution in [2.75, 3.05) is 37.9 Å². The highest BCUT2D eigenvalue weighted by atomic mass is 35.5. The zero-order valence-corrected chi connectivity index (χ0v) is 21.0. The number of nitrogens with zero attached hydrogens (tertiary/aromatic N) is 3. The molecule has 10 heteroatoms. The monoisotopic (exact) mass is 509 g/mol. The van der Waals surface area contributed by atoms with Gasteiger partial charge in [0.05, 0.1) is 11.6 Å². The third-order valence-electron chi connectivity index (χ3n) is 6.74. The molecule has 2 aliphatic rings. The third kappa shape index (κ3) is 5.08. The molecule has 2 aromatic heterocycles. The van der Waals surface area contributed by atoms with Gasteiger partial charge in [-0.1, -0.05) is 11.6 Å². The average molecular weight is 510 g/mol. The summed E-state index contributed by atoms with van der Waals surface area (Å²) in [6.07, 6.45) is 4.92. The van der Waals surface area contributed by atoms with Crippen LogP contribution in [0.5, 0.6) is 0 Å². The highest BCUT2D eigenvalue weighted by molar-refractivity contribution is 6.30. The Morgan fingerprint density at radius 2 is 1.89 bits per heavy atom. The Balaban J connectivity index is 1.46. The van der Waals surface area contributed by atoms with E-state index in [2.05, 4.69) is 39.6 Å². The first kappa shape index (κ1) is 24.3. The fourth-order valence-electron chi connectivity index (χ4n) is 4.73. The van der Waals surface area contributed by atoms with Gasteiger partial charge in [0, 0.05) is 29.1 Å². The van der Waals surface area contributed by atoms with Crippen LogP contribution in [0.25, 0.3) is 11.0 Å². The second-order valence-corrected chi connectivity index (χ2v) is 9.76. The van der Waals surface area contributed by atoms with Crippen molar-refractivity contribution in [3.05, 3.63) is 52.9 Å². The van der Waals surface area contributed by atoms with Crippen molar-refractivity contribution in [2.45, 2.75) is 31.7 Å². The maximum absolute atomic E-state index is 13.3. The van der Waals surface area contributed by atoms with Gasteiger partial charge in [-0.25, -0.2) is 9.98 Å². The summed E-state index contributed by atoms with van der Waals surface area (Å²) in [5.74, 6) is 0.0820. The summed E-state index contributed by atoms with van der Waals surface area (Å²) in [6.45, 7) is 1.12. The number of furan rings is 1. The van der Waals surface area contributed by atoms with Crippen LogP contribution < -0.4 is 10.6 Å². The van der Waals surface area contributed by atoms with E-state index in [9.17, 15) is 9.59 Å². The molecule has 1 aliphatic heterocycles. The molecule has 0 saturated heterocycles. The lowest BCUT2D eigenvalue weighted by Crippen LogP contribution is -2.35. The van der Waals surface area contributed by atoms with Crippen LogP contribution in [0.15, 0.2) is 45.9 Å². The van der Waals surface area contributed by atoms with Crippen LogP contribution in [-0.4, -0.2) is 60.9 Å². The Hall–Kier alpha value is -3.43. The van der Waals surface area contributed by atoms with Gasteiger partial charge in [0.25, 0.3) is 5.91 Å². The summed E-state index contributed by atoms with van der Waals surface area (Å²) in [6, 6.07) is 9.12.